The summed E-state index contributed by atoms with van der Waals surface area (Å²) in [7, 11) is 5.78. The van der Waals surface area contributed by atoms with Crippen LogP contribution in [0.3, 0.4) is 0 Å². The zero-order valence-corrected chi connectivity index (χ0v) is 16.4. The maximum absolute atomic E-state index is 5.48. The number of benzene rings is 2. The van der Waals surface area contributed by atoms with E-state index in [0.717, 1.165) is 21.5 Å². The van der Waals surface area contributed by atoms with Gasteiger partial charge in [-0.3, -0.25) is 0 Å². The number of anilines is 1. The molecule has 1 atom stereocenters. The largest absolute Gasteiger partial charge is 0.496 e. The van der Waals surface area contributed by atoms with Gasteiger partial charge < -0.3 is 20.3 Å². The summed E-state index contributed by atoms with van der Waals surface area (Å²) in [4.78, 5) is 2.15. The molecule has 0 amide bonds. The first-order valence-corrected chi connectivity index (χ1v) is 8.81. The molecule has 0 saturated heterocycles. The van der Waals surface area contributed by atoms with E-state index < -0.39 is 0 Å². The maximum Gasteiger partial charge on any atom is 0.170 e. The molecule has 2 aromatic rings. The van der Waals surface area contributed by atoms with Crippen molar-refractivity contribution in [1.29, 1.82) is 0 Å². The summed E-state index contributed by atoms with van der Waals surface area (Å²) in [5, 5.41) is 7.08. The molecule has 0 aliphatic carbocycles. The maximum atomic E-state index is 5.48. The molecule has 0 fully saturated rings. The van der Waals surface area contributed by atoms with E-state index in [1.165, 1.54) is 0 Å². The van der Waals surface area contributed by atoms with Crippen LogP contribution < -0.4 is 15.4 Å². The molecule has 6 heteroatoms. The number of likely N-dealkylation sites (N-methyl/N-ethyl adjacent to an activating group) is 1. The molecule has 0 bridgehead atoms. The number of hydrogen-bond acceptors (Lipinski definition) is 3. The predicted molar refractivity (Wildman–Crippen MR) is 108 cm³/mol. The molecule has 4 nitrogen and oxygen atoms in total. The lowest BCUT2D eigenvalue weighted by Gasteiger charge is -2.27. The summed E-state index contributed by atoms with van der Waals surface area (Å²) in [5.74, 6) is 0.879. The van der Waals surface area contributed by atoms with Gasteiger partial charge in [-0.05, 0) is 50.6 Å². The Morgan fingerprint density at radius 1 is 1.21 bits per heavy atom. The molecule has 0 aromatic heterocycles. The molecule has 2 N–H and O–H groups in total. The van der Waals surface area contributed by atoms with Crippen molar-refractivity contribution in [3.05, 3.63) is 58.6 Å². The minimum Gasteiger partial charge on any atom is -0.496 e. The number of halogens is 1. The molecule has 0 spiro atoms. The van der Waals surface area contributed by atoms with Crippen LogP contribution in [0.5, 0.6) is 5.75 Å². The van der Waals surface area contributed by atoms with Crippen molar-refractivity contribution in [1.82, 2.24) is 10.2 Å². The number of rotatable bonds is 6. The Hall–Kier alpha value is -1.63. The third-order valence-electron chi connectivity index (χ3n) is 3.66. The summed E-state index contributed by atoms with van der Waals surface area (Å²) in [6.07, 6.45) is 0. The van der Waals surface area contributed by atoms with Crippen LogP contribution in [0.25, 0.3) is 0 Å². The van der Waals surface area contributed by atoms with E-state index in [0.29, 0.717) is 11.7 Å². The van der Waals surface area contributed by atoms with Crippen molar-refractivity contribution in [2.75, 3.05) is 33.1 Å². The first-order chi connectivity index (χ1) is 11.5. The molecule has 0 radical (unpaired) electrons. The SMILES string of the molecule is COc1ccccc1[C@@H](CNC(=S)Nc1cccc(Br)c1)N(C)C. The van der Waals surface area contributed by atoms with Gasteiger partial charge in [0.1, 0.15) is 5.75 Å². The van der Waals surface area contributed by atoms with E-state index in [1.54, 1.807) is 7.11 Å². The van der Waals surface area contributed by atoms with E-state index in [9.17, 15) is 0 Å². The minimum atomic E-state index is 0.142. The summed E-state index contributed by atoms with van der Waals surface area (Å²) in [6, 6.07) is 16.1. The summed E-state index contributed by atoms with van der Waals surface area (Å²) < 4.78 is 6.49. The molecule has 2 aromatic carbocycles. The molecule has 2 rings (SSSR count). The van der Waals surface area contributed by atoms with Gasteiger partial charge in [0.15, 0.2) is 5.11 Å². The second kappa shape index (κ2) is 9.01. The quantitative estimate of drug-likeness (QED) is 0.706. The fourth-order valence-corrected chi connectivity index (χ4v) is 3.04. The lowest BCUT2D eigenvalue weighted by atomic mass is 10.0. The smallest absolute Gasteiger partial charge is 0.170 e. The molecule has 128 valence electrons. The minimum absolute atomic E-state index is 0.142. The lowest BCUT2D eigenvalue weighted by molar-refractivity contribution is 0.288. The van der Waals surface area contributed by atoms with Gasteiger partial charge in [-0.15, -0.1) is 0 Å². The molecule has 0 saturated carbocycles. The second-order valence-corrected chi connectivity index (χ2v) is 6.89. The van der Waals surface area contributed by atoms with Crippen molar-refractivity contribution in [2.45, 2.75) is 6.04 Å². The van der Waals surface area contributed by atoms with E-state index in [2.05, 4.69) is 37.5 Å². The normalized spacial score (nSPS) is 11.9. The first-order valence-electron chi connectivity index (χ1n) is 7.61. The second-order valence-electron chi connectivity index (χ2n) is 5.57. The highest BCUT2D eigenvalue weighted by Crippen LogP contribution is 2.27. The van der Waals surface area contributed by atoms with Gasteiger partial charge in [0.05, 0.1) is 13.2 Å². The Morgan fingerprint density at radius 2 is 1.96 bits per heavy atom. The number of methoxy groups -OCH3 is 1. The Morgan fingerprint density at radius 3 is 2.62 bits per heavy atom. The third kappa shape index (κ3) is 5.19. The fraction of sp³-hybridized carbons (Fsp3) is 0.278. The Kier molecular flexibility index (Phi) is 7.02. The predicted octanol–water partition coefficient (Wildman–Crippen LogP) is 4.05. The molecule has 24 heavy (non-hydrogen) atoms. The van der Waals surface area contributed by atoms with Crippen LogP contribution in [-0.4, -0.2) is 37.8 Å². The molecule has 0 unspecified atom stereocenters. The van der Waals surface area contributed by atoms with Gasteiger partial charge in [0, 0.05) is 22.3 Å². The van der Waals surface area contributed by atoms with Crippen LogP contribution in [0.15, 0.2) is 53.0 Å². The van der Waals surface area contributed by atoms with Crippen molar-refractivity contribution >= 4 is 38.9 Å². The topological polar surface area (TPSA) is 36.5 Å². The zero-order chi connectivity index (χ0) is 17.5. The molecule has 0 aliphatic rings. The summed E-state index contributed by atoms with van der Waals surface area (Å²) in [5.41, 5.74) is 2.07. The van der Waals surface area contributed by atoms with Gasteiger partial charge in [-0.25, -0.2) is 0 Å². The molecular weight excluding hydrogens is 386 g/mol. The van der Waals surface area contributed by atoms with Crippen LogP contribution >= 0.6 is 28.1 Å². The molecular formula is C18H22BrN3OS. The van der Waals surface area contributed by atoms with Crippen molar-refractivity contribution in [3.8, 4) is 5.75 Å². The van der Waals surface area contributed by atoms with Crippen molar-refractivity contribution < 1.29 is 4.74 Å². The number of para-hydroxylation sites is 1. The fourth-order valence-electron chi connectivity index (χ4n) is 2.44. The average molecular weight is 408 g/mol. The van der Waals surface area contributed by atoms with E-state index >= 15 is 0 Å². The van der Waals surface area contributed by atoms with Crippen LogP contribution in [0, 0.1) is 0 Å². The van der Waals surface area contributed by atoms with E-state index in [-0.39, 0.29) is 6.04 Å². The van der Waals surface area contributed by atoms with E-state index in [1.807, 2.05) is 56.6 Å². The van der Waals surface area contributed by atoms with Gasteiger partial charge in [-0.1, -0.05) is 40.2 Å². The monoisotopic (exact) mass is 407 g/mol. The number of ether oxygens (including phenoxy) is 1. The highest BCUT2D eigenvalue weighted by atomic mass is 79.9. The van der Waals surface area contributed by atoms with E-state index in [4.69, 9.17) is 17.0 Å². The van der Waals surface area contributed by atoms with Gasteiger partial charge in [0.25, 0.3) is 0 Å². The number of thiocarbonyl (C=S) groups is 1. The van der Waals surface area contributed by atoms with Gasteiger partial charge in [0.2, 0.25) is 0 Å². The van der Waals surface area contributed by atoms with Crippen LogP contribution in [0.4, 0.5) is 5.69 Å². The zero-order valence-electron chi connectivity index (χ0n) is 14.0. The highest BCUT2D eigenvalue weighted by Gasteiger charge is 2.18. The van der Waals surface area contributed by atoms with Crippen LogP contribution in [-0.2, 0) is 0 Å². The number of nitrogens with zero attached hydrogens (tertiary/aromatic N) is 1. The summed E-state index contributed by atoms with van der Waals surface area (Å²) in [6.45, 7) is 0.674. The molecule has 0 aliphatic heterocycles. The number of nitrogens with one attached hydrogen (secondary N) is 2. The van der Waals surface area contributed by atoms with Gasteiger partial charge in [-0.2, -0.15) is 0 Å². The average Bonchev–Trinajstić information content (AvgIpc) is 2.55. The summed E-state index contributed by atoms with van der Waals surface area (Å²) >= 11 is 8.86. The first kappa shape index (κ1) is 18.7. The van der Waals surface area contributed by atoms with Crippen molar-refractivity contribution in [2.24, 2.45) is 0 Å². The van der Waals surface area contributed by atoms with Gasteiger partial charge >= 0.3 is 0 Å². The molecule has 0 heterocycles. The Balaban J connectivity index is 2.02. The number of hydrogen-bond donors (Lipinski definition) is 2. The van der Waals surface area contributed by atoms with Crippen LogP contribution in [0.1, 0.15) is 11.6 Å². The Labute approximate surface area is 157 Å². The highest BCUT2D eigenvalue weighted by molar-refractivity contribution is 9.10. The third-order valence-corrected chi connectivity index (χ3v) is 4.40. The van der Waals surface area contributed by atoms with Crippen molar-refractivity contribution in [3.63, 3.8) is 0 Å². The standard InChI is InChI=1S/C18H22BrN3OS/c1-22(2)16(15-9-4-5-10-17(15)23-3)12-20-18(24)21-14-8-6-7-13(19)11-14/h4-11,16H,12H2,1-3H3,(H2,20,21,24)/t16-/m1/s1. The Bertz CT molecular complexity index is 693. The lowest BCUT2D eigenvalue weighted by Crippen LogP contribution is -2.36. The van der Waals surface area contributed by atoms with Crippen LogP contribution in [0.2, 0.25) is 0 Å².